The van der Waals surface area contributed by atoms with E-state index >= 15 is 0 Å². The van der Waals surface area contributed by atoms with E-state index < -0.39 is 0 Å². The molecule has 1 heterocycles. The molecule has 0 spiro atoms. The summed E-state index contributed by atoms with van der Waals surface area (Å²) in [5.41, 5.74) is 7.29. The minimum Gasteiger partial charge on any atom is -0.465 e. The Morgan fingerprint density at radius 2 is 1.83 bits per heavy atom. The molecule has 0 saturated heterocycles. The number of carbonyl (C=O) groups excluding carboxylic acids is 1. The fourth-order valence-corrected chi connectivity index (χ4v) is 3.59. The Hall–Kier alpha value is -3.19. The van der Waals surface area contributed by atoms with Gasteiger partial charge < -0.3 is 15.4 Å². The van der Waals surface area contributed by atoms with Crippen LogP contribution < -0.4 is 10.6 Å². The Labute approximate surface area is 182 Å². The molecular weight excluding hydrogens is 396 g/mol. The van der Waals surface area contributed by atoms with Gasteiger partial charge in [0.15, 0.2) is 5.11 Å². The van der Waals surface area contributed by atoms with Crippen molar-refractivity contribution in [3.63, 3.8) is 0 Å². The lowest BCUT2D eigenvalue weighted by atomic mass is 10.1. The number of methoxy groups -OCH3 is 1. The van der Waals surface area contributed by atoms with Crippen molar-refractivity contribution in [1.29, 1.82) is 0 Å². The normalized spacial score (nSPS) is 10.6. The average molecular weight is 423 g/mol. The minimum absolute atomic E-state index is 0.357. The summed E-state index contributed by atoms with van der Waals surface area (Å²) in [5, 5.41) is 11.7. The van der Waals surface area contributed by atoms with E-state index in [1.54, 1.807) is 6.07 Å². The van der Waals surface area contributed by atoms with Crippen molar-refractivity contribution >= 4 is 34.7 Å². The zero-order valence-electron chi connectivity index (χ0n) is 17.9. The predicted molar refractivity (Wildman–Crippen MR) is 124 cm³/mol. The van der Waals surface area contributed by atoms with Crippen LogP contribution in [-0.4, -0.2) is 28.0 Å². The monoisotopic (exact) mass is 422 g/mol. The average Bonchev–Trinajstić information content (AvgIpc) is 2.97. The van der Waals surface area contributed by atoms with Crippen LogP contribution in [0.25, 0.3) is 0 Å². The maximum absolute atomic E-state index is 12.1. The van der Waals surface area contributed by atoms with E-state index in [-0.39, 0.29) is 5.97 Å². The summed E-state index contributed by atoms with van der Waals surface area (Å²) in [6.45, 7) is 8.47. The van der Waals surface area contributed by atoms with E-state index in [1.165, 1.54) is 12.7 Å². The number of hydrogen-bond donors (Lipinski definition) is 2. The van der Waals surface area contributed by atoms with Crippen molar-refractivity contribution in [2.75, 3.05) is 17.7 Å². The number of nitrogens with zero attached hydrogens (tertiary/aromatic N) is 2. The number of aromatic nitrogens is 2. The van der Waals surface area contributed by atoms with Gasteiger partial charge in [0, 0.05) is 5.69 Å². The van der Waals surface area contributed by atoms with Crippen molar-refractivity contribution in [1.82, 2.24) is 9.78 Å². The van der Waals surface area contributed by atoms with Gasteiger partial charge in [0.05, 0.1) is 36.3 Å². The molecule has 0 aliphatic carbocycles. The van der Waals surface area contributed by atoms with Crippen molar-refractivity contribution < 1.29 is 9.53 Å². The Morgan fingerprint density at radius 3 is 2.53 bits per heavy atom. The molecule has 156 valence electrons. The van der Waals surface area contributed by atoms with Gasteiger partial charge in [-0.1, -0.05) is 35.9 Å². The quantitative estimate of drug-likeness (QED) is 0.456. The molecule has 1 aromatic heterocycles. The second kappa shape index (κ2) is 9.09. The molecule has 0 aliphatic heterocycles. The van der Waals surface area contributed by atoms with Gasteiger partial charge >= 0.3 is 5.97 Å². The van der Waals surface area contributed by atoms with Crippen molar-refractivity contribution in [3.8, 4) is 0 Å². The van der Waals surface area contributed by atoms with Gasteiger partial charge in [0.25, 0.3) is 0 Å². The molecule has 0 radical (unpaired) electrons. The standard InChI is InChI=1S/C23H26N4O2S/c1-14-10-11-20(15(2)12-14)24-23(30)25-21-16(3)26-27(17(21)4)13-18-8-6-7-9-19(18)22(28)29-5/h6-12H,13H2,1-5H3,(H2,24,25,30). The second-order valence-corrected chi connectivity index (χ2v) is 7.66. The van der Waals surface area contributed by atoms with Crippen molar-refractivity contribution in [2.45, 2.75) is 34.2 Å². The van der Waals surface area contributed by atoms with Gasteiger partial charge in [-0.2, -0.15) is 5.10 Å². The Balaban J connectivity index is 1.79. The predicted octanol–water partition coefficient (Wildman–Crippen LogP) is 4.76. The highest BCUT2D eigenvalue weighted by Gasteiger charge is 2.16. The molecule has 0 atom stereocenters. The summed E-state index contributed by atoms with van der Waals surface area (Å²) in [6.07, 6.45) is 0. The number of hydrogen-bond acceptors (Lipinski definition) is 4. The number of esters is 1. The topological polar surface area (TPSA) is 68.2 Å². The van der Waals surface area contributed by atoms with Crippen LogP contribution in [0.5, 0.6) is 0 Å². The van der Waals surface area contributed by atoms with Crippen LogP contribution in [0.15, 0.2) is 42.5 Å². The number of thiocarbonyl (C=S) groups is 1. The number of nitrogens with one attached hydrogen (secondary N) is 2. The summed E-state index contributed by atoms with van der Waals surface area (Å²) in [4.78, 5) is 12.1. The zero-order valence-corrected chi connectivity index (χ0v) is 18.7. The number of aryl methyl sites for hydroxylation is 3. The molecule has 0 saturated carbocycles. The summed E-state index contributed by atoms with van der Waals surface area (Å²) in [7, 11) is 1.38. The van der Waals surface area contributed by atoms with Crippen molar-refractivity contribution in [2.24, 2.45) is 0 Å². The first-order chi connectivity index (χ1) is 14.3. The molecule has 2 N–H and O–H groups in total. The lowest BCUT2D eigenvalue weighted by molar-refractivity contribution is 0.0599. The van der Waals surface area contributed by atoms with Crippen LogP contribution in [0.3, 0.4) is 0 Å². The fourth-order valence-electron chi connectivity index (χ4n) is 3.38. The molecule has 0 fully saturated rings. The van der Waals surface area contributed by atoms with Crippen LogP contribution >= 0.6 is 12.2 Å². The van der Waals surface area contributed by atoms with Crippen molar-refractivity contribution in [3.05, 3.63) is 76.1 Å². The molecule has 6 nitrogen and oxygen atoms in total. The third-order valence-corrected chi connectivity index (χ3v) is 5.20. The summed E-state index contributed by atoms with van der Waals surface area (Å²) < 4.78 is 6.75. The van der Waals surface area contributed by atoms with Crippen LogP contribution in [-0.2, 0) is 11.3 Å². The fraction of sp³-hybridized carbons (Fsp3) is 0.261. The minimum atomic E-state index is -0.357. The van der Waals surface area contributed by atoms with Gasteiger partial charge in [-0.05, 0) is 63.2 Å². The van der Waals surface area contributed by atoms with Crippen LogP contribution in [0.2, 0.25) is 0 Å². The van der Waals surface area contributed by atoms with Crippen LogP contribution in [0, 0.1) is 27.7 Å². The maximum Gasteiger partial charge on any atom is 0.338 e. The number of rotatable bonds is 5. The molecule has 0 unspecified atom stereocenters. The van der Waals surface area contributed by atoms with Crippen LogP contribution in [0.1, 0.15) is 38.4 Å². The van der Waals surface area contributed by atoms with E-state index in [2.05, 4.69) is 28.7 Å². The number of ether oxygens (including phenoxy) is 1. The highest BCUT2D eigenvalue weighted by molar-refractivity contribution is 7.80. The molecule has 3 aromatic rings. The number of benzene rings is 2. The smallest absolute Gasteiger partial charge is 0.338 e. The maximum atomic E-state index is 12.1. The Kier molecular flexibility index (Phi) is 6.52. The van der Waals surface area contributed by atoms with E-state index in [4.69, 9.17) is 17.0 Å². The first-order valence-electron chi connectivity index (χ1n) is 9.65. The highest BCUT2D eigenvalue weighted by Crippen LogP contribution is 2.23. The summed E-state index contributed by atoms with van der Waals surface area (Å²) >= 11 is 5.52. The van der Waals surface area contributed by atoms with Gasteiger partial charge in [-0.3, -0.25) is 4.68 Å². The number of anilines is 2. The molecule has 2 aromatic carbocycles. The highest BCUT2D eigenvalue weighted by atomic mass is 32.1. The molecule has 0 bridgehead atoms. The van der Waals surface area contributed by atoms with E-state index in [0.717, 1.165) is 33.9 Å². The third-order valence-electron chi connectivity index (χ3n) is 4.99. The third kappa shape index (κ3) is 4.68. The largest absolute Gasteiger partial charge is 0.465 e. The van der Waals surface area contributed by atoms with Gasteiger partial charge in [0.2, 0.25) is 0 Å². The zero-order chi connectivity index (χ0) is 21.8. The lowest BCUT2D eigenvalue weighted by Gasteiger charge is -2.14. The summed E-state index contributed by atoms with van der Waals surface area (Å²) in [5.74, 6) is -0.357. The molecular formula is C23H26N4O2S. The molecule has 7 heteroatoms. The van der Waals surface area contributed by atoms with Crippen LogP contribution in [0.4, 0.5) is 11.4 Å². The van der Waals surface area contributed by atoms with Gasteiger partial charge in [-0.25, -0.2) is 4.79 Å². The molecule has 0 aliphatic rings. The SMILES string of the molecule is COC(=O)c1ccccc1Cn1nc(C)c(NC(=S)Nc2ccc(C)cc2C)c1C. The van der Waals surface area contributed by atoms with E-state index in [9.17, 15) is 4.79 Å². The first-order valence-corrected chi connectivity index (χ1v) is 10.1. The molecule has 0 amide bonds. The molecule has 3 rings (SSSR count). The first kappa shape index (κ1) is 21.5. The van der Waals surface area contributed by atoms with E-state index in [0.29, 0.717) is 17.2 Å². The van der Waals surface area contributed by atoms with Gasteiger partial charge in [-0.15, -0.1) is 0 Å². The second-order valence-electron chi connectivity index (χ2n) is 7.25. The Bertz CT molecular complexity index is 1100. The summed E-state index contributed by atoms with van der Waals surface area (Å²) in [6, 6.07) is 13.6. The molecule has 30 heavy (non-hydrogen) atoms. The number of carbonyl (C=O) groups is 1. The van der Waals surface area contributed by atoms with E-state index in [1.807, 2.05) is 55.8 Å². The van der Waals surface area contributed by atoms with Gasteiger partial charge in [0.1, 0.15) is 0 Å². The lowest BCUT2D eigenvalue weighted by Crippen LogP contribution is -2.20. The Morgan fingerprint density at radius 1 is 1.10 bits per heavy atom.